The predicted octanol–water partition coefficient (Wildman–Crippen LogP) is 3.79. The molecule has 0 aliphatic heterocycles. The second-order valence-corrected chi connectivity index (χ2v) is 5.68. The molecule has 0 amide bonds. The molecule has 0 aliphatic carbocycles. The van der Waals surface area contributed by atoms with Gasteiger partial charge in [-0.2, -0.15) is 0 Å². The van der Waals surface area contributed by atoms with Crippen molar-refractivity contribution in [3.63, 3.8) is 0 Å². The van der Waals surface area contributed by atoms with Crippen molar-refractivity contribution in [2.45, 2.75) is 10.6 Å². The number of carbonyl (C=O) groups is 1. The largest absolute Gasteiger partial charge is 0.477 e. The van der Waals surface area contributed by atoms with Crippen molar-refractivity contribution in [1.29, 1.82) is 0 Å². The van der Waals surface area contributed by atoms with Crippen LogP contribution in [0.4, 0.5) is 0 Å². The molecule has 88 valence electrons. The van der Waals surface area contributed by atoms with Gasteiger partial charge in [-0.05, 0) is 12.1 Å². The van der Waals surface area contributed by atoms with Gasteiger partial charge < -0.3 is 5.11 Å². The number of halogens is 1. The van der Waals surface area contributed by atoms with Gasteiger partial charge in [0, 0.05) is 4.90 Å². The van der Waals surface area contributed by atoms with E-state index in [1.807, 2.05) is 24.3 Å². The number of carboxylic acid groups (broad SMARTS) is 1. The zero-order valence-corrected chi connectivity index (χ0v) is 11.0. The molecule has 3 nitrogen and oxygen atoms in total. The Kier molecular flexibility index (Phi) is 4.04. The minimum atomic E-state index is -0.934. The van der Waals surface area contributed by atoms with E-state index in [0.29, 0.717) is 10.8 Å². The van der Waals surface area contributed by atoms with E-state index in [9.17, 15) is 4.79 Å². The third-order valence-corrected chi connectivity index (χ3v) is 4.65. The second kappa shape index (κ2) is 5.53. The van der Waals surface area contributed by atoms with E-state index in [1.165, 1.54) is 17.5 Å². The number of hydrogen-bond acceptors (Lipinski definition) is 4. The van der Waals surface area contributed by atoms with Crippen molar-refractivity contribution in [3.8, 4) is 0 Å². The first kappa shape index (κ1) is 12.4. The van der Waals surface area contributed by atoms with Crippen molar-refractivity contribution in [1.82, 2.24) is 4.98 Å². The molecule has 1 aromatic carbocycles. The summed E-state index contributed by atoms with van der Waals surface area (Å²) in [5.74, 6) is -0.307. The molecule has 0 fully saturated rings. The lowest BCUT2D eigenvalue weighted by Crippen LogP contribution is -1.89. The summed E-state index contributed by atoms with van der Waals surface area (Å²) in [5, 5.41) is 10.3. The Morgan fingerprint density at radius 2 is 2.24 bits per heavy atom. The summed E-state index contributed by atoms with van der Waals surface area (Å²) >= 11 is 8.75. The first-order chi connectivity index (χ1) is 8.16. The Labute approximate surface area is 111 Å². The van der Waals surface area contributed by atoms with Gasteiger partial charge in [-0.1, -0.05) is 23.7 Å². The second-order valence-electron chi connectivity index (χ2n) is 3.14. The summed E-state index contributed by atoms with van der Waals surface area (Å²) in [6.45, 7) is 0. The van der Waals surface area contributed by atoms with Gasteiger partial charge in [0.25, 0.3) is 0 Å². The summed E-state index contributed by atoms with van der Waals surface area (Å²) in [4.78, 5) is 16.0. The van der Waals surface area contributed by atoms with Crippen LogP contribution in [0, 0.1) is 0 Å². The first-order valence-electron chi connectivity index (χ1n) is 4.72. The summed E-state index contributed by atoms with van der Waals surface area (Å²) in [7, 11) is 0. The van der Waals surface area contributed by atoms with E-state index in [4.69, 9.17) is 16.7 Å². The average Bonchev–Trinajstić information content (AvgIpc) is 2.77. The molecule has 0 bridgehead atoms. The topological polar surface area (TPSA) is 50.2 Å². The van der Waals surface area contributed by atoms with Crippen LogP contribution in [0.3, 0.4) is 0 Å². The summed E-state index contributed by atoms with van der Waals surface area (Å²) in [6, 6.07) is 7.55. The molecule has 0 radical (unpaired) electrons. The molecule has 0 saturated carbocycles. The van der Waals surface area contributed by atoms with Gasteiger partial charge in [0.15, 0.2) is 0 Å². The van der Waals surface area contributed by atoms with Crippen molar-refractivity contribution < 1.29 is 9.90 Å². The molecule has 0 aliphatic rings. The van der Waals surface area contributed by atoms with Crippen LogP contribution in [0.1, 0.15) is 14.7 Å². The molecule has 0 spiro atoms. The molecule has 17 heavy (non-hydrogen) atoms. The van der Waals surface area contributed by atoms with E-state index in [1.54, 1.807) is 11.8 Å². The van der Waals surface area contributed by atoms with Crippen LogP contribution < -0.4 is 0 Å². The van der Waals surface area contributed by atoms with E-state index >= 15 is 0 Å². The van der Waals surface area contributed by atoms with Gasteiger partial charge in [-0.3, -0.25) is 0 Å². The third-order valence-electron chi connectivity index (χ3n) is 1.95. The number of benzene rings is 1. The normalized spacial score (nSPS) is 10.4. The molecule has 1 aromatic heterocycles. The predicted molar refractivity (Wildman–Crippen MR) is 70.1 cm³/mol. The highest BCUT2D eigenvalue weighted by Crippen LogP contribution is 2.30. The van der Waals surface area contributed by atoms with Crippen molar-refractivity contribution in [3.05, 3.63) is 45.4 Å². The Morgan fingerprint density at radius 1 is 1.47 bits per heavy atom. The Hall–Kier alpha value is -1.04. The standard InChI is InChI=1S/C11H8ClNO2S2/c12-7-3-1-2-4-8(7)16-6-10-13-5-9(17-10)11(14)15/h1-5H,6H2,(H,14,15). The number of thiazole rings is 1. The molecule has 1 heterocycles. The number of carboxylic acids is 1. The lowest BCUT2D eigenvalue weighted by molar-refractivity contribution is 0.0702. The third kappa shape index (κ3) is 3.21. The first-order valence-corrected chi connectivity index (χ1v) is 6.90. The average molecular weight is 286 g/mol. The number of rotatable bonds is 4. The number of aromatic carboxylic acids is 1. The van der Waals surface area contributed by atoms with Gasteiger partial charge >= 0.3 is 5.97 Å². The maximum Gasteiger partial charge on any atom is 0.347 e. The fraction of sp³-hybridized carbons (Fsp3) is 0.0909. The quantitative estimate of drug-likeness (QED) is 0.869. The van der Waals surface area contributed by atoms with Crippen LogP contribution >= 0.6 is 34.7 Å². The molecule has 0 saturated heterocycles. The highest BCUT2D eigenvalue weighted by Gasteiger charge is 2.09. The van der Waals surface area contributed by atoms with Gasteiger partial charge in [0.1, 0.15) is 9.88 Å². The summed E-state index contributed by atoms with van der Waals surface area (Å²) < 4.78 is 0. The van der Waals surface area contributed by atoms with E-state index in [-0.39, 0.29) is 4.88 Å². The number of hydrogen-bond donors (Lipinski definition) is 1. The minimum absolute atomic E-state index is 0.264. The fourth-order valence-corrected chi connectivity index (χ4v) is 3.18. The molecule has 0 unspecified atom stereocenters. The molecule has 2 rings (SSSR count). The molecular weight excluding hydrogens is 278 g/mol. The van der Waals surface area contributed by atoms with Crippen LogP contribution in [0.2, 0.25) is 5.02 Å². The summed E-state index contributed by atoms with van der Waals surface area (Å²) in [6.07, 6.45) is 1.38. The molecule has 1 N–H and O–H groups in total. The van der Waals surface area contributed by atoms with Crippen LogP contribution in [-0.2, 0) is 5.75 Å². The van der Waals surface area contributed by atoms with Crippen LogP contribution in [0.5, 0.6) is 0 Å². The SMILES string of the molecule is O=C(O)c1cnc(CSc2ccccc2Cl)s1. The lowest BCUT2D eigenvalue weighted by Gasteiger charge is -2.00. The Bertz CT molecular complexity index is 542. The van der Waals surface area contributed by atoms with Crippen molar-refractivity contribution in [2.75, 3.05) is 0 Å². The zero-order valence-electron chi connectivity index (χ0n) is 8.59. The van der Waals surface area contributed by atoms with Gasteiger partial charge in [-0.15, -0.1) is 23.1 Å². The highest BCUT2D eigenvalue weighted by atomic mass is 35.5. The number of thioether (sulfide) groups is 1. The zero-order chi connectivity index (χ0) is 12.3. The molecule has 6 heteroatoms. The molecule has 0 atom stereocenters. The highest BCUT2D eigenvalue weighted by molar-refractivity contribution is 7.98. The van der Waals surface area contributed by atoms with Gasteiger partial charge in [0.2, 0.25) is 0 Å². The Balaban J connectivity index is 2.02. The molecule has 2 aromatic rings. The maximum absolute atomic E-state index is 10.7. The van der Waals surface area contributed by atoms with Gasteiger partial charge in [0.05, 0.1) is 17.0 Å². The van der Waals surface area contributed by atoms with E-state index in [0.717, 1.165) is 9.90 Å². The monoisotopic (exact) mass is 285 g/mol. The number of aromatic nitrogens is 1. The van der Waals surface area contributed by atoms with Crippen LogP contribution in [-0.4, -0.2) is 16.1 Å². The fourth-order valence-electron chi connectivity index (χ4n) is 1.18. The smallest absolute Gasteiger partial charge is 0.347 e. The number of nitrogens with zero attached hydrogens (tertiary/aromatic N) is 1. The lowest BCUT2D eigenvalue weighted by atomic mass is 10.4. The molecular formula is C11H8ClNO2S2. The minimum Gasteiger partial charge on any atom is -0.477 e. The van der Waals surface area contributed by atoms with Gasteiger partial charge in [-0.25, -0.2) is 9.78 Å². The summed E-state index contributed by atoms with van der Waals surface area (Å²) in [5.41, 5.74) is 0. The maximum atomic E-state index is 10.7. The van der Waals surface area contributed by atoms with E-state index in [2.05, 4.69) is 4.98 Å². The van der Waals surface area contributed by atoms with Crippen LogP contribution in [0.25, 0.3) is 0 Å². The van der Waals surface area contributed by atoms with Crippen molar-refractivity contribution in [2.24, 2.45) is 0 Å². The Morgan fingerprint density at radius 3 is 2.88 bits per heavy atom. The van der Waals surface area contributed by atoms with Crippen molar-refractivity contribution >= 4 is 40.7 Å². The van der Waals surface area contributed by atoms with Crippen LogP contribution in [0.15, 0.2) is 35.4 Å². The van der Waals surface area contributed by atoms with E-state index < -0.39 is 5.97 Å².